The number of nitrogens with zero attached hydrogens (tertiary/aromatic N) is 2. The van der Waals surface area contributed by atoms with Crippen molar-refractivity contribution in [3.8, 4) is 0 Å². The predicted octanol–water partition coefficient (Wildman–Crippen LogP) is 3.01. The van der Waals surface area contributed by atoms with E-state index in [1.54, 1.807) is 12.5 Å². The molecule has 1 aliphatic heterocycles. The van der Waals surface area contributed by atoms with Crippen LogP contribution in [0.25, 0.3) is 11.0 Å². The number of pyridine rings is 1. The summed E-state index contributed by atoms with van der Waals surface area (Å²) < 4.78 is 10.9. The normalized spacial score (nSPS) is 17.5. The Bertz CT molecular complexity index is 854. The zero-order valence-corrected chi connectivity index (χ0v) is 13.5. The highest BCUT2D eigenvalue weighted by molar-refractivity contribution is 5.93. The highest BCUT2D eigenvalue weighted by Crippen LogP contribution is 2.32. The third-order valence-corrected chi connectivity index (χ3v) is 4.39. The molecule has 0 spiro atoms. The maximum atomic E-state index is 12.6. The summed E-state index contributed by atoms with van der Waals surface area (Å²) in [5.74, 6) is 2.42. The van der Waals surface area contributed by atoms with Gasteiger partial charge in [0.1, 0.15) is 29.0 Å². The highest BCUT2D eigenvalue weighted by Gasteiger charge is 2.32. The number of rotatable bonds is 4. The van der Waals surface area contributed by atoms with Gasteiger partial charge < -0.3 is 19.1 Å². The van der Waals surface area contributed by atoms with Gasteiger partial charge in [-0.15, -0.1) is 0 Å². The van der Waals surface area contributed by atoms with Gasteiger partial charge in [0, 0.05) is 12.7 Å². The number of amides is 1. The van der Waals surface area contributed by atoms with Gasteiger partial charge in [0.15, 0.2) is 0 Å². The number of carbonyl (C=O) groups is 1. The van der Waals surface area contributed by atoms with Crippen molar-refractivity contribution >= 4 is 22.7 Å². The van der Waals surface area contributed by atoms with E-state index in [-0.39, 0.29) is 11.9 Å². The number of hydrogen-bond acceptors (Lipinski definition) is 5. The molecule has 6 nitrogen and oxygen atoms in total. The predicted molar refractivity (Wildman–Crippen MR) is 89.7 cm³/mol. The second-order valence-corrected chi connectivity index (χ2v) is 6.05. The van der Waals surface area contributed by atoms with Crippen LogP contribution < -0.4 is 10.2 Å². The Morgan fingerprint density at radius 1 is 1.46 bits per heavy atom. The Morgan fingerprint density at radius 3 is 3.21 bits per heavy atom. The Labute approximate surface area is 139 Å². The van der Waals surface area contributed by atoms with E-state index >= 15 is 0 Å². The van der Waals surface area contributed by atoms with Crippen LogP contribution in [0.3, 0.4) is 0 Å². The lowest BCUT2D eigenvalue weighted by molar-refractivity contribution is -0.122. The molecule has 1 amide bonds. The number of fused-ring (bicyclic) bond motifs is 1. The molecular formula is C18H19N3O3. The summed E-state index contributed by atoms with van der Waals surface area (Å²) in [7, 11) is 0. The molecule has 124 valence electrons. The van der Waals surface area contributed by atoms with E-state index in [0.29, 0.717) is 6.54 Å². The topological polar surface area (TPSA) is 71.5 Å². The molecule has 1 N–H and O–H groups in total. The van der Waals surface area contributed by atoms with Crippen LogP contribution in [0.4, 0.5) is 5.82 Å². The summed E-state index contributed by atoms with van der Waals surface area (Å²) in [5, 5.41) is 3.91. The minimum Gasteiger partial charge on any atom is -0.467 e. The summed E-state index contributed by atoms with van der Waals surface area (Å²) in [5.41, 5.74) is 0.805. The number of nitrogens with one attached hydrogen (secondary N) is 1. The van der Waals surface area contributed by atoms with Gasteiger partial charge in [-0.1, -0.05) is 0 Å². The van der Waals surface area contributed by atoms with Gasteiger partial charge in [-0.2, -0.15) is 0 Å². The molecule has 3 aromatic heterocycles. The maximum absolute atomic E-state index is 12.6. The van der Waals surface area contributed by atoms with Crippen molar-refractivity contribution < 1.29 is 13.6 Å². The monoisotopic (exact) mass is 325 g/mol. The highest BCUT2D eigenvalue weighted by atomic mass is 16.3. The fraction of sp³-hybridized carbons (Fsp3) is 0.333. The lowest BCUT2D eigenvalue weighted by atomic mass is 10.2. The first-order valence-electron chi connectivity index (χ1n) is 8.14. The second-order valence-electron chi connectivity index (χ2n) is 6.05. The van der Waals surface area contributed by atoms with Crippen molar-refractivity contribution in [2.75, 3.05) is 11.4 Å². The summed E-state index contributed by atoms with van der Waals surface area (Å²) in [6.45, 7) is 3.13. The first kappa shape index (κ1) is 14.8. The number of hydrogen-bond donors (Lipinski definition) is 1. The average molecular weight is 325 g/mol. The van der Waals surface area contributed by atoms with E-state index in [9.17, 15) is 4.79 Å². The van der Waals surface area contributed by atoms with E-state index in [1.807, 2.05) is 31.2 Å². The molecule has 4 heterocycles. The van der Waals surface area contributed by atoms with Gasteiger partial charge in [0.05, 0.1) is 18.2 Å². The molecule has 6 heteroatoms. The second kappa shape index (κ2) is 6.03. The Hall–Kier alpha value is -2.76. The molecule has 1 unspecified atom stereocenters. The molecule has 0 aromatic carbocycles. The first-order chi connectivity index (χ1) is 11.7. The van der Waals surface area contributed by atoms with Crippen LogP contribution in [0.5, 0.6) is 0 Å². The number of aromatic nitrogens is 1. The van der Waals surface area contributed by atoms with E-state index < -0.39 is 0 Å². The molecule has 1 aliphatic rings. The molecule has 0 radical (unpaired) electrons. The average Bonchev–Trinajstić information content (AvgIpc) is 3.31. The van der Waals surface area contributed by atoms with Crippen LogP contribution >= 0.6 is 0 Å². The smallest absolute Gasteiger partial charge is 0.243 e. The molecule has 0 saturated carbocycles. The number of anilines is 1. The third-order valence-electron chi connectivity index (χ3n) is 4.39. The molecule has 0 aliphatic carbocycles. The van der Waals surface area contributed by atoms with Gasteiger partial charge in [-0.25, -0.2) is 4.98 Å². The van der Waals surface area contributed by atoms with Crippen LogP contribution in [0.2, 0.25) is 0 Å². The summed E-state index contributed by atoms with van der Waals surface area (Å²) in [6.07, 6.45) is 5.12. The molecule has 1 saturated heterocycles. The summed E-state index contributed by atoms with van der Waals surface area (Å²) in [4.78, 5) is 19.2. The van der Waals surface area contributed by atoms with Crippen molar-refractivity contribution in [2.45, 2.75) is 32.4 Å². The van der Waals surface area contributed by atoms with Gasteiger partial charge >= 0.3 is 0 Å². The van der Waals surface area contributed by atoms with Crippen LogP contribution in [-0.2, 0) is 11.3 Å². The molecule has 0 bridgehead atoms. The largest absolute Gasteiger partial charge is 0.467 e. The molecule has 1 fully saturated rings. The zero-order valence-electron chi connectivity index (χ0n) is 13.5. The number of aryl methyl sites for hydroxylation is 1. The van der Waals surface area contributed by atoms with Gasteiger partial charge in [-0.3, -0.25) is 4.79 Å². The van der Waals surface area contributed by atoms with Crippen LogP contribution in [-0.4, -0.2) is 23.5 Å². The van der Waals surface area contributed by atoms with Gasteiger partial charge in [0.2, 0.25) is 5.91 Å². The minimum atomic E-state index is -0.215. The lowest BCUT2D eigenvalue weighted by Gasteiger charge is -2.25. The van der Waals surface area contributed by atoms with Crippen LogP contribution in [0.1, 0.15) is 24.4 Å². The van der Waals surface area contributed by atoms with E-state index in [1.165, 1.54) is 0 Å². The third kappa shape index (κ3) is 2.64. The minimum absolute atomic E-state index is 0.00270. The number of furan rings is 2. The Balaban J connectivity index is 1.56. The molecule has 24 heavy (non-hydrogen) atoms. The van der Waals surface area contributed by atoms with Gasteiger partial charge in [0.25, 0.3) is 0 Å². The molecule has 1 atom stereocenters. The quantitative estimate of drug-likeness (QED) is 0.798. The summed E-state index contributed by atoms with van der Waals surface area (Å²) in [6, 6.07) is 7.29. The van der Waals surface area contributed by atoms with Crippen molar-refractivity contribution in [1.82, 2.24) is 10.3 Å². The SMILES string of the molecule is Cc1cc2c(N3CCCC3C(=O)NCc3ccco3)nccc2o1. The number of carbonyl (C=O) groups excluding carboxylic acids is 1. The molecule has 3 aromatic rings. The van der Waals surface area contributed by atoms with Crippen molar-refractivity contribution in [1.29, 1.82) is 0 Å². The van der Waals surface area contributed by atoms with E-state index in [2.05, 4.69) is 15.2 Å². The zero-order chi connectivity index (χ0) is 16.5. The molecular weight excluding hydrogens is 306 g/mol. The van der Waals surface area contributed by atoms with E-state index in [0.717, 1.165) is 47.7 Å². The van der Waals surface area contributed by atoms with Crippen molar-refractivity contribution in [3.05, 3.63) is 48.2 Å². The molecule has 4 rings (SSSR count). The van der Waals surface area contributed by atoms with E-state index in [4.69, 9.17) is 8.83 Å². The Morgan fingerprint density at radius 2 is 2.38 bits per heavy atom. The van der Waals surface area contributed by atoms with Crippen LogP contribution in [0, 0.1) is 6.92 Å². The first-order valence-corrected chi connectivity index (χ1v) is 8.14. The lowest BCUT2D eigenvalue weighted by Crippen LogP contribution is -2.43. The fourth-order valence-corrected chi connectivity index (χ4v) is 3.30. The maximum Gasteiger partial charge on any atom is 0.243 e. The summed E-state index contributed by atoms with van der Waals surface area (Å²) >= 11 is 0. The Kier molecular flexibility index (Phi) is 3.72. The van der Waals surface area contributed by atoms with Crippen LogP contribution in [0.15, 0.2) is 45.6 Å². The van der Waals surface area contributed by atoms with Gasteiger partial charge in [-0.05, 0) is 44.0 Å². The van der Waals surface area contributed by atoms with Crippen molar-refractivity contribution in [3.63, 3.8) is 0 Å². The van der Waals surface area contributed by atoms with Crippen molar-refractivity contribution in [2.24, 2.45) is 0 Å². The standard InChI is InChI=1S/C18H19N3O3/c1-12-10-14-16(24-12)6-7-19-17(14)21-8-2-5-15(21)18(22)20-11-13-4-3-9-23-13/h3-4,6-7,9-10,15H,2,5,8,11H2,1H3,(H,20,22). The fourth-order valence-electron chi connectivity index (χ4n) is 3.30.